The molecule has 28 heavy (non-hydrogen) atoms. The molecule has 2 bridgehead atoms. The number of fused-ring (bicyclic) bond motifs is 4. The molecule has 0 aromatic heterocycles. The second-order valence-electron chi connectivity index (χ2n) is 10.3. The lowest BCUT2D eigenvalue weighted by molar-refractivity contribution is 0.0877. The molecule has 2 heterocycles. The fraction of sp³-hybridized carbons (Fsp3) is 0.708. The van der Waals surface area contributed by atoms with Crippen LogP contribution in [0.15, 0.2) is 18.2 Å². The van der Waals surface area contributed by atoms with E-state index in [-0.39, 0.29) is 18.9 Å². The highest BCUT2D eigenvalue weighted by atomic mass is 16.2. The molecule has 2 aliphatic carbocycles. The third-order valence-corrected chi connectivity index (χ3v) is 8.06. The van der Waals surface area contributed by atoms with Gasteiger partial charge >= 0.3 is 6.03 Å². The Kier molecular flexibility index (Phi) is 4.46. The molecule has 0 radical (unpaired) electrons. The number of rotatable bonds is 2. The van der Waals surface area contributed by atoms with Gasteiger partial charge in [-0.2, -0.15) is 0 Å². The van der Waals surface area contributed by atoms with Gasteiger partial charge in [-0.25, -0.2) is 4.79 Å². The standard InChI is InChI=1S/C24H35N3O.H2/c1-16(2)25-23(28)27-15-24(20-12-17(3)4-7-21(20)27)8-10-26(11-9-24)22-14-18-5-6-19(22)13-18;/h4,7,12,16,18-19,22H,5-6,8-11,13-15H2,1-3H3,(H,25,28);1H. The number of aryl methyl sites for hydroxylation is 1. The Labute approximate surface area is 171 Å². The van der Waals surface area contributed by atoms with Gasteiger partial charge < -0.3 is 10.2 Å². The quantitative estimate of drug-likeness (QED) is 0.803. The van der Waals surface area contributed by atoms with Crippen LogP contribution in [-0.4, -0.2) is 42.6 Å². The Bertz CT molecular complexity index is 771. The number of urea groups is 1. The number of hydrogen-bond acceptors (Lipinski definition) is 2. The molecular weight excluding hydrogens is 346 g/mol. The fourth-order valence-electron chi connectivity index (χ4n) is 6.66. The smallest absolute Gasteiger partial charge is 0.322 e. The summed E-state index contributed by atoms with van der Waals surface area (Å²) in [5.74, 6) is 1.97. The van der Waals surface area contributed by atoms with Crippen molar-refractivity contribution >= 4 is 11.7 Å². The zero-order valence-corrected chi connectivity index (χ0v) is 17.7. The average molecular weight is 384 g/mol. The SMILES string of the molecule is Cc1ccc2c(c1)C1(CCN(C3CC4CCC3C4)CC1)CN2C(=O)NC(C)C.[HH]. The van der Waals surface area contributed by atoms with Crippen LogP contribution in [0.3, 0.4) is 0 Å². The van der Waals surface area contributed by atoms with Gasteiger partial charge in [0.1, 0.15) is 0 Å². The van der Waals surface area contributed by atoms with E-state index >= 15 is 0 Å². The first-order valence-electron chi connectivity index (χ1n) is 11.4. The molecule has 1 spiro atoms. The van der Waals surface area contributed by atoms with Gasteiger partial charge in [-0.15, -0.1) is 0 Å². The maximum absolute atomic E-state index is 12.9. The molecule has 3 atom stereocenters. The normalized spacial score (nSPS) is 31.0. The van der Waals surface area contributed by atoms with Gasteiger partial charge in [0.05, 0.1) is 0 Å². The number of amides is 2. The van der Waals surface area contributed by atoms with Crippen LogP contribution in [0.25, 0.3) is 0 Å². The highest BCUT2D eigenvalue weighted by Gasteiger charge is 2.49. The summed E-state index contributed by atoms with van der Waals surface area (Å²) in [5.41, 5.74) is 4.00. The minimum atomic E-state index is 0. The van der Waals surface area contributed by atoms with Crippen LogP contribution in [0.4, 0.5) is 10.5 Å². The molecular formula is C24H37N3O. The minimum Gasteiger partial charge on any atom is -0.336 e. The Morgan fingerprint density at radius 3 is 2.64 bits per heavy atom. The zero-order valence-electron chi connectivity index (χ0n) is 17.7. The fourth-order valence-corrected chi connectivity index (χ4v) is 6.66. The molecule has 2 saturated carbocycles. The van der Waals surface area contributed by atoms with Crippen molar-refractivity contribution in [1.82, 2.24) is 10.2 Å². The predicted octanol–water partition coefficient (Wildman–Crippen LogP) is 4.70. The number of benzene rings is 1. The van der Waals surface area contributed by atoms with E-state index in [9.17, 15) is 4.79 Å². The van der Waals surface area contributed by atoms with Crippen molar-refractivity contribution in [3.05, 3.63) is 29.3 Å². The number of anilines is 1. The molecule has 3 fully saturated rings. The molecule has 1 aromatic carbocycles. The summed E-state index contributed by atoms with van der Waals surface area (Å²) in [6, 6.07) is 7.74. The van der Waals surface area contributed by atoms with Crippen molar-refractivity contribution in [2.45, 2.75) is 76.8 Å². The third-order valence-electron chi connectivity index (χ3n) is 8.06. The Morgan fingerprint density at radius 1 is 1.21 bits per heavy atom. The number of carbonyl (C=O) groups is 1. The van der Waals surface area contributed by atoms with E-state index in [1.54, 1.807) is 0 Å². The van der Waals surface area contributed by atoms with E-state index in [1.165, 1.54) is 62.7 Å². The van der Waals surface area contributed by atoms with Crippen LogP contribution < -0.4 is 10.2 Å². The molecule has 4 nitrogen and oxygen atoms in total. The molecule has 2 aliphatic heterocycles. The third kappa shape index (κ3) is 2.96. The molecule has 4 aliphatic rings. The number of nitrogens with zero attached hydrogens (tertiary/aromatic N) is 2. The topological polar surface area (TPSA) is 35.6 Å². The monoisotopic (exact) mass is 383 g/mol. The number of carbonyl (C=O) groups excluding carboxylic acids is 1. The highest BCUT2D eigenvalue weighted by molar-refractivity contribution is 5.95. The van der Waals surface area contributed by atoms with E-state index in [0.717, 1.165) is 30.1 Å². The highest BCUT2D eigenvalue weighted by Crippen LogP contribution is 2.51. The van der Waals surface area contributed by atoms with Crippen molar-refractivity contribution in [2.75, 3.05) is 24.5 Å². The van der Waals surface area contributed by atoms with Crippen LogP contribution in [0.1, 0.15) is 64.9 Å². The first-order valence-corrected chi connectivity index (χ1v) is 11.4. The van der Waals surface area contributed by atoms with E-state index in [4.69, 9.17) is 0 Å². The van der Waals surface area contributed by atoms with Crippen LogP contribution in [0.5, 0.6) is 0 Å². The maximum atomic E-state index is 12.9. The molecule has 1 aromatic rings. The van der Waals surface area contributed by atoms with E-state index in [2.05, 4.69) is 35.3 Å². The van der Waals surface area contributed by atoms with Crippen molar-refractivity contribution < 1.29 is 6.22 Å². The summed E-state index contributed by atoms with van der Waals surface area (Å²) in [7, 11) is 0. The van der Waals surface area contributed by atoms with Crippen LogP contribution in [0, 0.1) is 18.8 Å². The predicted molar refractivity (Wildman–Crippen MR) is 116 cm³/mol. The number of hydrogen-bond donors (Lipinski definition) is 1. The lowest BCUT2D eigenvalue weighted by Crippen LogP contribution is -2.51. The minimum absolute atomic E-state index is 0. The largest absolute Gasteiger partial charge is 0.336 e. The maximum Gasteiger partial charge on any atom is 0.322 e. The first kappa shape index (κ1) is 18.5. The van der Waals surface area contributed by atoms with Crippen molar-refractivity contribution in [1.29, 1.82) is 0 Å². The van der Waals surface area contributed by atoms with Gasteiger partial charge in [-0.3, -0.25) is 4.90 Å². The van der Waals surface area contributed by atoms with Crippen molar-refractivity contribution in [3.63, 3.8) is 0 Å². The second-order valence-corrected chi connectivity index (χ2v) is 10.3. The van der Waals surface area contributed by atoms with Crippen molar-refractivity contribution in [3.8, 4) is 0 Å². The summed E-state index contributed by atoms with van der Waals surface area (Å²) in [6.45, 7) is 9.48. The number of likely N-dealkylation sites (tertiary alicyclic amines) is 1. The molecule has 2 amide bonds. The molecule has 1 N–H and O–H groups in total. The Hall–Kier alpha value is -1.55. The van der Waals surface area contributed by atoms with Gasteiger partial charge in [0.15, 0.2) is 0 Å². The average Bonchev–Trinajstić information content (AvgIpc) is 3.36. The lowest BCUT2D eigenvalue weighted by Gasteiger charge is -2.44. The molecule has 154 valence electrons. The Balaban J connectivity index is 0.00000205. The zero-order chi connectivity index (χ0) is 19.5. The molecule has 3 unspecified atom stereocenters. The van der Waals surface area contributed by atoms with Gasteiger partial charge in [0.25, 0.3) is 0 Å². The molecule has 5 rings (SSSR count). The second kappa shape index (κ2) is 6.76. The summed E-state index contributed by atoms with van der Waals surface area (Å²) in [4.78, 5) is 17.7. The van der Waals surface area contributed by atoms with Gasteiger partial charge in [-0.1, -0.05) is 24.1 Å². The van der Waals surface area contributed by atoms with E-state index < -0.39 is 0 Å². The summed E-state index contributed by atoms with van der Waals surface area (Å²) < 4.78 is 0. The van der Waals surface area contributed by atoms with Crippen LogP contribution >= 0.6 is 0 Å². The van der Waals surface area contributed by atoms with Crippen LogP contribution in [0.2, 0.25) is 0 Å². The number of piperidine rings is 1. The number of nitrogens with one attached hydrogen (secondary N) is 1. The van der Waals surface area contributed by atoms with Gasteiger partial charge in [0.2, 0.25) is 0 Å². The Morgan fingerprint density at radius 2 is 2.00 bits per heavy atom. The summed E-state index contributed by atoms with van der Waals surface area (Å²) in [6.07, 6.45) is 8.23. The van der Waals surface area contributed by atoms with E-state index in [0.29, 0.717) is 0 Å². The summed E-state index contributed by atoms with van der Waals surface area (Å²) >= 11 is 0. The molecule has 4 heteroatoms. The summed E-state index contributed by atoms with van der Waals surface area (Å²) in [5, 5.41) is 3.11. The van der Waals surface area contributed by atoms with Gasteiger partial charge in [-0.05, 0) is 89.4 Å². The molecule has 1 saturated heterocycles. The van der Waals surface area contributed by atoms with Crippen molar-refractivity contribution in [2.24, 2.45) is 11.8 Å². The lowest BCUT2D eigenvalue weighted by atomic mass is 9.73. The first-order chi connectivity index (χ1) is 13.4. The van der Waals surface area contributed by atoms with Crippen LogP contribution in [-0.2, 0) is 5.41 Å². The van der Waals surface area contributed by atoms with E-state index in [1.807, 2.05) is 18.7 Å². The van der Waals surface area contributed by atoms with Gasteiger partial charge in [0, 0.05) is 31.2 Å².